The Hall–Kier alpha value is -2.24. The summed E-state index contributed by atoms with van der Waals surface area (Å²) in [6.45, 7) is 0.663. The van der Waals surface area contributed by atoms with Gasteiger partial charge in [0.05, 0.1) is 18.3 Å². The number of benzene rings is 1. The molecule has 4 nitrogen and oxygen atoms in total. The third-order valence-electron chi connectivity index (χ3n) is 4.14. The van der Waals surface area contributed by atoms with Crippen LogP contribution in [0.3, 0.4) is 0 Å². The Labute approximate surface area is 133 Å². The molecule has 6 heteroatoms. The van der Waals surface area contributed by atoms with Crippen molar-refractivity contribution in [1.29, 1.82) is 0 Å². The maximum absolute atomic E-state index is 13.6. The first-order chi connectivity index (χ1) is 11.0. The molecule has 0 atom stereocenters. The molecule has 2 heterocycles. The van der Waals surface area contributed by atoms with E-state index in [-0.39, 0.29) is 25.1 Å². The number of halogens is 2. The summed E-state index contributed by atoms with van der Waals surface area (Å²) in [5, 5.41) is 0.867. The average molecular weight is 320 g/mol. The number of fused-ring (bicyclic) bond motifs is 1. The van der Waals surface area contributed by atoms with Gasteiger partial charge in [-0.05, 0) is 18.6 Å². The molecule has 1 aliphatic rings. The molecule has 0 spiro atoms. The van der Waals surface area contributed by atoms with Crippen molar-refractivity contribution in [1.82, 2.24) is 4.98 Å². The number of alkyl halides is 2. The first kappa shape index (κ1) is 15.6. The molecule has 3 rings (SSSR count). The van der Waals surface area contributed by atoms with Gasteiger partial charge in [0, 0.05) is 31.3 Å². The molecule has 1 aliphatic heterocycles. The lowest BCUT2D eigenvalue weighted by atomic mass is 10.1. The molecule has 0 N–H and O–H groups in total. The molecule has 122 valence electrons. The number of methoxy groups -OCH3 is 1. The van der Waals surface area contributed by atoms with Gasteiger partial charge in [-0.1, -0.05) is 18.2 Å². The van der Waals surface area contributed by atoms with E-state index in [4.69, 9.17) is 4.74 Å². The molecule has 0 saturated carbocycles. The standard InChI is InChI=1S/C17H18F2N2O2/c1-23-16(22)15-14(11-12-5-2-3-6-13(12)20-15)21-9-4-7-17(18,19)8-10-21/h2-3,5-6,11H,4,7-10H2,1H3. The van der Waals surface area contributed by atoms with Crippen molar-refractivity contribution < 1.29 is 18.3 Å². The predicted molar refractivity (Wildman–Crippen MR) is 84.1 cm³/mol. The fourth-order valence-corrected chi connectivity index (χ4v) is 2.90. The van der Waals surface area contributed by atoms with E-state index in [0.717, 1.165) is 5.39 Å². The summed E-state index contributed by atoms with van der Waals surface area (Å²) >= 11 is 0. The number of ether oxygens (including phenoxy) is 1. The van der Waals surface area contributed by atoms with Gasteiger partial charge >= 0.3 is 5.97 Å². The minimum absolute atomic E-state index is 0.127. The number of aromatic nitrogens is 1. The van der Waals surface area contributed by atoms with E-state index in [9.17, 15) is 13.6 Å². The number of rotatable bonds is 2. The Balaban J connectivity index is 2.05. The van der Waals surface area contributed by atoms with E-state index < -0.39 is 11.9 Å². The molecule has 1 fully saturated rings. The third kappa shape index (κ3) is 3.25. The first-order valence-electron chi connectivity index (χ1n) is 7.61. The Morgan fingerprint density at radius 1 is 1.26 bits per heavy atom. The summed E-state index contributed by atoms with van der Waals surface area (Å²) in [7, 11) is 1.29. The predicted octanol–water partition coefficient (Wildman–Crippen LogP) is 3.65. The lowest BCUT2D eigenvalue weighted by Crippen LogP contribution is -2.28. The summed E-state index contributed by atoms with van der Waals surface area (Å²) < 4.78 is 32.0. The average Bonchev–Trinajstić information content (AvgIpc) is 2.73. The van der Waals surface area contributed by atoms with Crippen molar-refractivity contribution in [2.45, 2.75) is 25.2 Å². The normalized spacial score (nSPS) is 17.8. The molecule has 1 saturated heterocycles. The number of carbonyl (C=O) groups is 1. The Morgan fingerprint density at radius 3 is 2.83 bits per heavy atom. The minimum Gasteiger partial charge on any atom is -0.464 e. The highest BCUT2D eigenvalue weighted by Gasteiger charge is 2.33. The van der Waals surface area contributed by atoms with Crippen LogP contribution in [0.2, 0.25) is 0 Å². The van der Waals surface area contributed by atoms with Crippen molar-refractivity contribution in [3.05, 3.63) is 36.0 Å². The molecular formula is C17H18F2N2O2. The molecule has 0 unspecified atom stereocenters. The zero-order valence-corrected chi connectivity index (χ0v) is 12.9. The molecule has 0 radical (unpaired) electrons. The van der Waals surface area contributed by atoms with Gasteiger partial charge in [-0.15, -0.1) is 0 Å². The van der Waals surface area contributed by atoms with Crippen LogP contribution in [0.5, 0.6) is 0 Å². The quantitative estimate of drug-likeness (QED) is 0.792. The topological polar surface area (TPSA) is 42.4 Å². The number of anilines is 1. The number of carbonyl (C=O) groups excluding carboxylic acids is 1. The van der Waals surface area contributed by atoms with Crippen molar-refractivity contribution in [2.24, 2.45) is 0 Å². The second-order valence-corrected chi connectivity index (χ2v) is 5.74. The second kappa shape index (κ2) is 6.10. The van der Waals surface area contributed by atoms with Crippen LogP contribution in [0, 0.1) is 0 Å². The molecule has 2 aromatic rings. The number of esters is 1. The molecule has 0 aliphatic carbocycles. The molecule has 0 bridgehead atoms. The van der Waals surface area contributed by atoms with E-state index in [1.54, 1.807) is 0 Å². The summed E-state index contributed by atoms with van der Waals surface area (Å²) in [6.07, 6.45) is 0.0267. The fraction of sp³-hybridized carbons (Fsp3) is 0.412. The van der Waals surface area contributed by atoms with Crippen molar-refractivity contribution in [3.63, 3.8) is 0 Å². The summed E-state index contributed by atoms with van der Waals surface area (Å²) in [5.74, 6) is -3.20. The maximum Gasteiger partial charge on any atom is 0.358 e. The first-order valence-corrected chi connectivity index (χ1v) is 7.61. The molecule has 1 aromatic heterocycles. The van der Waals surface area contributed by atoms with Crippen LogP contribution in [0.25, 0.3) is 10.9 Å². The number of hydrogen-bond acceptors (Lipinski definition) is 4. The van der Waals surface area contributed by atoms with Gasteiger partial charge in [0.25, 0.3) is 0 Å². The maximum atomic E-state index is 13.6. The van der Waals surface area contributed by atoms with Crippen LogP contribution in [0.4, 0.5) is 14.5 Å². The molecular weight excluding hydrogens is 302 g/mol. The summed E-state index contributed by atoms with van der Waals surface area (Å²) in [6, 6.07) is 9.24. The van der Waals surface area contributed by atoms with Gasteiger partial charge in [0.1, 0.15) is 0 Å². The zero-order chi connectivity index (χ0) is 16.4. The number of nitrogens with zero attached hydrogens (tertiary/aromatic N) is 2. The van der Waals surface area contributed by atoms with Gasteiger partial charge in [0.2, 0.25) is 5.92 Å². The van der Waals surface area contributed by atoms with Crippen LogP contribution in [0.1, 0.15) is 29.8 Å². The SMILES string of the molecule is COC(=O)c1nc2ccccc2cc1N1CCCC(F)(F)CC1. The molecule has 1 aromatic carbocycles. The highest BCUT2D eigenvalue weighted by molar-refractivity contribution is 5.98. The van der Waals surface area contributed by atoms with Crippen LogP contribution in [0.15, 0.2) is 30.3 Å². The van der Waals surface area contributed by atoms with E-state index in [0.29, 0.717) is 24.2 Å². The fourth-order valence-electron chi connectivity index (χ4n) is 2.90. The summed E-state index contributed by atoms with van der Waals surface area (Å²) in [4.78, 5) is 18.3. The van der Waals surface area contributed by atoms with Crippen LogP contribution >= 0.6 is 0 Å². The van der Waals surface area contributed by atoms with Crippen LogP contribution in [-0.4, -0.2) is 37.1 Å². The van der Waals surface area contributed by atoms with E-state index in [1.807, 2.05) is 35.2 Å². The summed E-state index contributed by atoms with van der Waals surface area (Å²) in [5.41, 5.74) is 1.42. The van der Waals surface area contributed by atoms with E-state index in [2.05, 4.69) is 4.98 Å². The minimum atomic E-state index is -2.65. The van der Waals surface area contributed by atoms with Gasteiger partial charge in [0.15, 0.2) is 5.69 Å². The van der Waals surface area contributed by atoms with Gasteiger partial charge in [-0.25, -0.2) is 18.6 Å². The highest BCUT2D eigenvalue weighted by atomic mass is 19.3. The smallest absolute Gasteiger partial charge is 0.358 e. The Kier molecular flexibility index (Phi) is 4.15. The molecule has 0 amide bonds. The lowest BCUT2D eigenvalue weighted by molar-refractivity contribution is -0.0102. The van der Waals surface area contributed by atoms with Gasteiger partial charge in [-0.3, -0.25) is 0 Å². The Morgan fingerprint density at radius 2 is 2.04 bits per heavy atom. The Bertz CT molecular complexity index is 734. The number of pyridine rings is 1. The lowest BCUT2D eigenvalue weighted by Gasteiger charge is -2.24. The van der Waals surface area contributed by atoms with Gasteiger partial charge < -0.3 is 9.64 Å². The van der Waals surface area contributed by atoms with Crippen LogP contribution < -0.4 is 4.90 Å². The number of para-hydroxylation sites is 1. The van der Waals surface area contributed by atoms with Gasteiger partial charge in [-0.2, -0.15) is 0 Å². The highest BCUT2D eigenvalue weighted by Crippen LogP contribution is 2.32. The van der Waals surface area contributed by atoms with Crippen molar-refractivity contribution >= 4 is 22.6 Å². The van der Waals surface area contributed by atoms with E-state index in [1.165, 1.54) is 7.11 Å². The largest absolute Gasteiger partial charge is 0.464 e. The van der Waals surface area contributed by atoms with Crippen molar-refractivity contribution in [3.8, 4) is 0 Å². The molecule has 23 heavy (non-hydrogen) atoms. The van der Waals surface area contributed by atoms with E-state index >= 15 is 0 Å². The number of hydrogen-bond donors (Lipinski definition) is 0. The van der Waals surface area contributed by atoms with Crippen molar-refractivity contribution in [2.75, 3.05) is 25.1 Å². The van der Waals surface area contributed by atoms with Crippen LogP contribution in [-0.2, 0) is 4.74 Å². The monoisotopic (exact) mass is 320 g/mol. The second-order valence-electron chi connectivity index (χ2n) is 5.74. The third-order valence-corrected chi connectivity index (χ3v) is 4.14. The zero-order valence-electron chi connectivity index (χ0n) is 12.9.